The van der Waals surface area contributed by atoms with Crippen LogP contribution in [0.4, 0.5) is 0 Å². The summed E-state index contributed by atoms with van der Waals surface area (Å²) >= 11 is 5.87. The van der Waals surface area contributed by atoms with Crippen LogP contribution in [0.3, 0.4) is 0 Å². The van der Waals surface area contributed by atoms with Crippen molar-refractivity contribution in [2.24, 2.45) is 0 Å². The van der Waals surface area contributed by atoms with Gasteiger partial charge in [0.15, 0.2) is 0 Å². The lowest BCUT2D eigenvalue weighted by Gasteiger charge is -2.22. The molecule has 0 aliphatic rings. The Balaban J connectivity index is 2.23. The lowest BCUT2D eigenvalue weighted by Crippen LogP contribution is -2.40. The second-order valence-corrected chi connectivity index (χ2v) is 8.01. The number of aliphatic hydroxyl groups excluding tert-OH is 1. The highest BCUT2D eigenvalue weighted by Crippen LogP contribution is 2.19. The third-order valence-electron chi connectivity index (χ3n) is 3.63. The van der Waals surface area contributed by atoms with Gasteiger partial charge >= 0.3 is 0 Å². The third kappa shape index (κ3) is 5.81. The maximum Gasteiger partial charge on any atom is 0.243 e. The van der Waals surface area contributed by atoms with Crippen LogP contribution in [0.25, 0.3) is 0 Å². The molecule has 6 nitrogen and oxygen atoms in total. The van der Waals surface area contributed by atoms with E-state index in [1.807, 2.05) is 0 Å². The first-order valence-corrected chi connectivity index (χ1v) is 9.92. The smallest absolute Gasteiger partial charge is 0.243 e. The number of amides is 1. The highest BCUT2D eigenvalue weighted by molar-refractivity contribution is 7.89. The largest absolute Gasteiger partial charge is 0.396 e. The summed E-state index contributed by atoms with van der Waals surface area (Å²) in [7, 11) is -3.84. The number of carbonyl (C=O) groups excluding carboxylic acids is 1. The second kappa shape index (κ2) is 9.68. The zero-order valence-corrected chi connectivity index (χ0v) is 15.7. The molecule has 1 amide bonds. The zero-order valence-electron chi connectivity index (χ0n) is 14.1. The van der Waals surface area contributed by atoms with Gasteiger partial charge in [-0.3, -0.25) is 4.79 Å². The molecule has 140 valence electrons. The Labute approximate surface area is 158 Å². The summed E-state index contributed by atoms with van der Waals surface area (Å²) in [5.74, 6) is -0.424. The Morgan fingerprint density at radius 2 is 1.73 bits per heavy atom. The molecule has 0 atom stereocenters. The van der Waals surface area contributed by atoms with Gasteiger partial charge in [-0.2, -0.15) is 4.31 Å². The van der Waals surface area contributed by atoms with Crippen molar-refractivity contribution < 1.29 is 18.3 Å². The molecule has 2 rings (SSSR count). The SMILES string of the molecule is O=C(CN(Cc1ccc(Cl)cc1)S(=O)(=O)c1ccccc1)NCCCO. The monoisotopic (exact) mass is 396 g/mol. The fourth-order valence-corrected chi connectivity index (χ4v) is 3.82. The Kier molecular flexibility index (Phi) is 7.59. The van der Waals surface area contributed by atoms with E-state index < -0.39 is 15.9 Å². The van der Waals surface area contributed by atoms with Crippen molar-refractivity contribution in [1.29, 1.82) is 0 Å². The van der Waals surface area contributed by atoms with Crippen molar-refractivity contribution in [3.8, 4) is 0 Å². The molecule has 8 heteroatoms. The summed E-state index contributed by atoms with van der Waals surface area (Å²) in [6, 6.07) is 14.8. The van der Waals surface area contributed by atoms with Crippen molar-refractivity contribution in [3.05, 3.63) is 65.2 Å². The Morgan fingerprint density at radius 3 is 2.35 bits per heavy atom. The number of nitrogens with one attached hydrogen (secondary N) is 1. The van der Waals surface area contributed by atoms with E-state index in [1.54, 1.807) is 42.5 Å². The zero-order chi connectivity index (χ0) is 19.0. The van der Waals surface area contributed by atoms with Gasteiger partial charge in [0.05, 0.1) is 11.4 Å². The van der Waals surface area contributed by atoms with E-state index >= 15 is 0 Å². The summed E-state index contributed by atoms with van der Waals surface area (Å²) in [5, 5.41) is 11.9. The molecular formula is C18H21ClN2O4S. The summed E-state index contributed by atoms with van der Waals surface area (Å²) in [6.07, 6.45) is 0.411. The molecule has 2 aromatic rings. The van der Waals surface area contributed by atoms with Crippen LogP contribution in [-0.4, -0.2) is 43.4 Å². The number of aliphatic hydroxyl groups is 1. The number of halogens is 1. The van der Waals surface area contributed by atoms with Gasteiger partial charge in [-0.05, 0) is 36.2 Å². The number of hydrogen-bond acceptors (Lipinski definition) is 4. The molecule has 0 fully saturated rings. The van der Waals surface area contributed by atoms with Gasteiger partial charge in [-0.15, -0.1) is 0 Å². The summed E-state index contributed by atoms with van der Waals surface area (Å²) in [5.41, 5.74) is 0.720. The first-order chi connectivity index (χ1) is 12.4. The van der Waals surface area contributed by atoms with Gasteiger partial charge in [-0.1, -0.05) is 41.9 Å². The first kappa shape index (κ1) is 20.4. The Morgan fingerprint density at radius 1 is 1.08 bits per heavy atom. The molecule has 0 aliphatic heterocycles. The van der Waals surface area contributed by atoms with Crippen LogP contribution in [0.15, 0.2) is 59.5 Å². The number of carbonyl (C=O) groups is 1. The fourth-order valence-electron chi connectivity index (χ4n) is 2.28. The van der Waals surface area contributed by atoms with Crippen LogP contribution in [0.2, 0.25) is 5.02 Å². The molecule has 0 spiro atoms. The minimum Gasteiger partial charge on any atom is -0.396 e. The number of rotatable bonds is 9. The normalized spacial score (nSPS) is 11.5. The lowest BCUT2D eigenvalue weighted by atomic mass is 10.2. The average molecular weight is 397 g/mol. The quantitative estimate of drug-likeness (QED) is 0.635. The minimum atomic E-state index is -3.84. The van der Waals surface area contributed by atoms with Crippen LogP contribution in [0.5, 0.6) is 0 Å². The van der Waals surface area contributed by atoms with E-state index in [2.05, 4.69) is 5.32 Å². The molecule has 2 aromatic carbocycles. The van der Waals surface area contributed by atoms with Crippen molar-refractivity contribution in [2.75, 3.05) is 19.7 Å². The van der Waals surface area contributed by atoms with Crippen molar-refractivity contribution >= 4 is 27.5 Å². The lowest BCUT2D eigenvalue weighted by molar-refractivity contribution is -0.121. The Hall–Kier alpha value is -1.93. The molecule has 0 saturated heterocycles. The van der Waals surface area contributed by atoms with Gasteiger partial charge in [-0.25, -0.2) is 8.42 Å². The topological polar surface area (TPSA) is 86.7 Å². The first-order valence-electron chi connectivity index (χ1n) is 8.10. The minimum absolute atomic E-state index is 0.0435. The number of hydrogen-bond donors (Lipinski definition) is 2. The molecule has 0 aromatic heterocycles. The summed E-state index contributed by atoms with van der Waals surface area (Å²) in [4.78, 5) is 12.3. The standard InChI is InChI=1S/C18H21ClN2O4S/c19-16-9-7-15(8-10-16)13-21(14-18(23)20-11-4-12-22)26(24,25)17-5-2-1-3-6-17/h1-3,5-10,22H,4,11-14H2,(H,20,23). The van der Waals surface area contributed by atoms with E-state index in [1.165, 1.54) is 12.1 Å². The molecule has 0 unspecified atom stereocenters. The van der Waals surface area contributed by atoms with Gasteiger partial charge < -0.3 is 10.4 Å². The van der Waals surface area contributed by atoms with Crippen molar-refractivity contribution in [3.63, 3.8) is 0 Å². The number of benzene rings is 2. The van der Waals surface area contributed by atoms with E-state index in [0.717, 1.165) is 9.87 Å². The van der Waals surface area contributed by atoms with Crippen LogP contribution in [-0.2, 0) is 21.4 Å². The van der Waals surface area contributed by atoms with Crippen LogP contribution >= 0.6 is 11.6 Å². The van der Waals surface area contributed by atoms with Gasteiger partial charge in [0, 0.05) is 24.7 Å². The predicted molar refractivity (Wildman–Crippen MR) is 100 cm³/mol. The van der Waals surface area contributed by atoms with Gasteiger partial charge in [0.2, 0.25) is 15.9 Å². The second-order valence-electron chi connectivity index (χ2n) is 5.64. The number of sulfonamides is 1. The van der Waals surface area contributed by atoms with Crippen LogP contribution in [0.1, 0.15) is 12.0 Å². The van der Waals surface area contributed by atoms with E-state index in [0.29, 0.717) is 11.4 Å². The fraction of sp³-hybridized carbons (Fsp3) is 0.278. The highest BCUT2D eigenvalue weighted by atomic mass is 35.5. The molecule has 2 N–H and O–H groups in total. The predicted octanol–water partition coefficient (Wildman–Crippen LogP) is 2.03. The van der Waals surface area contributed by atoms with E-state index in [-0.39, 0.29) is 31.1 Å². The molecule has 0 aliphatic carbocycles. The molecular weight excluding hydrogens is 376 g/mol. The van der Waals surface area contributed by atoms with Gasteiger partial charge in [0.25, 0.3) is 0 Å². The molecule has 26 heavy (non-hydrogen) atoms. The molecule has 0 radical (unpaired) electrons. The van der Waals surface area contributed by atoms with Crippen molar-refractivity contribution in [2.45, 2.75) is 17.9 Å². The Bertz CT molecular complexity index is 811. The van der Waals surface area contributed by atoms with Gasteiger partial charge in [0.1, 0.15) is 0 Å². The van der Waals surface area contributed by atoms with Crippen LogP contribution < -0.4 is 5.32 Å². The van der Waals surface area contributed by atoms with Crippen LogP contribution in [0, 0.1) is 0 Å². The maximum atomic E-state index is 12.9. The molecule has 0 saturated carbocycles. The summed E-state index contributed by atoms with van der Waals surface area (Å²) < 4.78 is 27.0. The van der Waals surface area contributed by atoms with Crippen molar-refractivity contribution in [1.82, 2.24) is 9.62 Å². The summed E-state index contributed by atoms with van der Waals surface area (Å²) in [6.45, 7) is -0.0281. The average Bonchev–Trinajstić information content (AvgIpc) is 2.64. The molecule has 0 heterocycles. The maximum absolute atomic E-state index is 12.9. The van der Waals surface area contributed by atoms with E-state index in [4.69, 9.17) is 16.7 Å². The van der Waals surface area contributed by atoms with E-state index in [9.17, 15) is 13.2 Å². The third-order valence-corrected chi connectivity index (χ3v) is 5.69. The highest BCUT2D eigenvalue weighted by Gasteiger charge is 2.26. The number of nitrogens with zero attached hydrogens (tertiary/aromatic N) is 1. The molecule has 0 bridgehead atoms.